The van der Waals surface area contributed by atoms with Gasteiger partial charge in [0, 0.05) is 15.4 Å². The van der Waals surface area contributed by atoms with Crippen LogP contribution in [0.5, 0.6) is 5.75 Å². The number of ether oxygens (including phenoxy) is 1. The van der Waals surface area contributed by atoms with Crippen LogP contribution in [0.15, 0.2) is 82.6 Å². The van der Waals surface area contributed by atoms with Gasteiger partial charge in [-0.25, -0.2) is 4.39 Å². The van der Waals surface area contributed by atoms with Crippen molar-refractivity contribution in [3.05, 3.63) is 84.2 Å². The van der Waals surface area contributed by atoms with Crippen molar-refractivity contribution < 1.29 is 13.9 Å². The Morgan fingerprint density at radius 1 is 1.00 bits per heavy atom. The summed E-state index contributed by atoms with van der Waals surface area (Å²) in [6.45, 7) is 0. The Hall–Kier alpha value is -2.79. The van der Waals surface area contributed by atoms with E-state index in [1.165, 1.54) is 25.3 Å². The van der Waals surface area contributed by atoms with E-state index in [4.69, 9.17) is 4.74 Å². The first-order valence-electron chi connectivity index (χ1n) is 7.64. The van der Waals surface area contributed by atoms with E-state index in [0.29, 0.717) is 5.69 Å². The Morgan fingerprint density at radius 3 is 2.44 bits per heavy atom. The van der Waals surface area contributed by atoms with Crippen molar-refractivity contribution in [2.45, 2.75) is 9.79 Å². The number of anilines is 1. The molecule has 0 radical (unpaired) electrons. The predicted molar refractivity (Wildman–Crippen MR) is 97.9 cm³/mol. The van der Waals surface area contributed by atoms with E-state index in [1.807, 2.05) is 54.6 Å². The Bertz CT molecular complexity index is 884. The minimum atomic E-state index is -0.568. The summed E-state index contributed by atoms with van der Waals surface area (Å²) in [4.78, 5) is 14.4. The van der Waals surface area contributed by atoms with Gasteiger partial charge in [0.2, 0.25) is 0 Å². The fraction of sp³-hybridized carbons (Fsp3) is 0.0500. The van der Waals surface area contributed by atoms with Crippen LogP contribution in [0.4, 0.5) is 10.1 Å². The zero-order valence-corrected chi connectivity index (χ0v) is 14.3. The van der Waals surface area contributed by atoms with E-state index in [2.05, 4.69) is 5.32 Å². The number of carbonyl (C=O) groups excluding carboxylic acids is 1. The standard InChI is InChI=1S/C20H16FNO2S/c1-24-18-12-11-14(13-16(18)21)20(23)22-17-9-5-6-10-19(17)25-15-7-3-2-4-8-15/h2-13H,1H3,(H,22,23). The highest BCUT2D eigenvalue weighted by molar-refractivity contribution is 7.99. The summed E-state index contributed by atoms with van der Waals surface area (Å²) in [7, 11) is 1.38. The molecule has 25 heavy (non-hydrogen) atoms. The smallest absolute Gasteiger partial charge is 0.255 e. The first kappa shape index (κ1) is 17.0. The van der Waals surface area contributed by atoms with Crippen LogP contribution in [0.1, 0.15) is 10.4 Å². The molecule has 1 N–H and O–H groups in total. The second kappa shape index (κ2) is 7.85. The monoisotopic (exact) mass is 353 g/mol. The van der Waals surface area contributed by atoms with Crippen LogP contribution in [-0.4, -0.2) is 13.0 Å². The second-order valence-electron chi connectivity index (χ2n) is 5.21. The van der Waals surface area contributed by atoms with Crippen molar-refractivity contribution in [2.75, 3.05) is 12.4 Å². The molecule has 0 heterocycles. The molecule has 5 heteroatoms. The van der Waals surface area contributed by atoms with Gasteiger partial charge in [0.15, 0.2) is 11.6 Å². The van der Waals surface area contributed by atoms with Crippen molar-refractivity contribution in [1.82, 2.24) is 0 Å². The molecule has 3 aromatic carbocycles. The molecule has 0 aromatic heterocycles. The third-order valence-electron chi connectivity index (χ3n) is 3.52. The average molecular weight is 353 g/mol. The predicted octanol–water partition coefficient (Wildman–Crippen LogP) is 5.24. The van der Waals surface area contributed by atoms with E-state index in [9.17, 15) is 9.18 Å². The second-order valence-corrected chi connectivity index (χ2v) is 6.33. The van der Waals surface area contributed by atoms with Crippen LogP contribution in [-0.2, 0) is 0 Å². The van der Waals surface area contributed by atoms with Crippen molar-refractivity contribution in [3.63, 3.8) is 0 Å². The molecule has 126 valence electrons. The molecule has 0 spiro atoms. The molecule has 1 amide bonds. The molecule has 3 aromatic rings. The van der Waals surface area contributed by atoms with Crippen LogP contribution in [0.3, 0.4) is 0 Å². The number of para-hydroxylation sites is 1. The average Bonchev–Trinajstić information content (AvgIpc) is 2.64. The van der Waals surface area contributed by atoms with Gasteiger partial charge < -0.3 is 10.1 Å². The number of methoxy groups -OCH3 is 1. The molecule has 0 aliphatic carbocycles. The third kappa shape index (κ3) is 4.19. The summed E-state index contributed by atoms with van der Waals surface area (Å²) in [5.74, 6) is -0.832. The molecule has 0 unspecified atom stereocenters. The quantitative estimate of drug-likeness (QED) is 0.682. The van der Waals surface area contributed by atoms with E-state index < -0.39 is 5.82 Å². The molecular formula is C20H16FNO2S. The van der Waals surface area contributed by atoms with Crippen LogP contribution in [0.25, 0.3) is 0 Å². The van der Waals surface area contributed by atoms with E-state index in [-0.39, 0.29) is 17.2 Å². The van der Waals surface area contributed by atoms with E-state index in [1.54, 1.807) is 11.8 Å². The molecular weight excluding hydrogens is 337 g/mol. The number of nitrogens with one attached hydrogen (secondary N) is 1. The maximum Gasteiger partial charge on any atom is 0.255 e. The Kier molecular flexibility index (Phi) is 5.36. The number of carbonyl (C=O) groups is 1. The molecule has 3 rings (SSSR count). The Balaban J connectivity index is 1.81. The highest BCUT2D eigenvalue weighted by Gasteiger charge is 2.12. The lowest BCUT2D eigenvalue weighted by atomic mass is 10.2. The zero-order chi connectivity index (χ0) is 17.6. The summed E-state index contributed by atoms with van der Waals surface area (Å²) >= 11 is 1.55. The SMILES string of the molecule is COc1ccc(C(=O)Nc2ccccc2Sc2ccccc2)cc1F. The Labute approximate surface area is 149 Å². The minimum Gasteiger partial charge on any atom is -0.494 e. The molecule has 0 saturated heterocycles. The lowest BCUT2D eigenvalue weighted by Crippen LogP contribution is -2.12. The highest BCUT2D eigenvalue weighted by Crippen LogP contribution is 2.33. The fourth-order valence-corrected chi connectivity index (χ4v) is 3.20. The summed E-state index contributed by atoms with van der Waals surface area (Å²) in [6, 6.07) is 21.5. The maximum atomic E-state index is 13.8. The van der Waals surface area contributed by atoms with Crippen LogP contribution < -0.4 is 10.1 Å². The topological polar surface area (TPSA) is 38.3 Å². The maximum absolute atomic E-state index is 13.8. The van der Waals surface area contributed by atoms with Crippen molar-refractivity contribution >= 4 is 23.4 Å². The van der Waals surface area contributed by atoms with Crippen LogP contribution in [0.2, 0.25) is 0 Å². The van der Waals surface area contributed by atoms with Crippen molar-refractivity contribution in [3.8, 4) is 5.75 Å². The number of rotatable bonds is 5. The van der Waals surface area contributed by atoms with Gasteiger partial charge in [-0.05, 0) is 42.5 Å². The number of hydrogen-bond donors (Lipinski definition) is 1. The van der Waals surface area contributed by atoms with Gasteiger partial charge in [-0.1, -0.05) is 42.1 Å². The molecule has 3 nitrogen and oxygen atoms in total. The summed E-state index contributed by atoms with van der Waals surface area (Å²) in [5, 5.41) is 2.84. The first-order chi connectivity index (χ1) is 12.2. The van der Waals surface area contributed by atoms with Gasteiger partial charge in [-0.2, -0.15) is 0 Å². The number of benzene rings is 3. The third-order valence-corrected chi connectivity index (χ3v) is 4.60. The molecule has 0 aliphatic heterocycles. The summed E-state index contributed by atoms with van der Waals surface area (Å²) in [5.41, 5.74) is 0.912. The van der Waals surface area contributed by atoms with Crippen molar-refractivity contribution in [1.29, 1.82) is 0 Å². The van der Waals surface area contributed by atoms with Gasteiger partial charge in [-0.15, -0.1) is 0 Å². The molecule has 0 atom stereocenters. The summed E-state index contributed by atoms with van der Waals surface area (Å²) < 4.78 is 18.7. The van der Waals surface area contributed by atoms with Gasteiger partial charge in [0.25, 0.3) is 5.91 Å². The largest absolute Gasteiger partial charge is 0.494 e. The van der Waals surface area contributed by atoms with Crippen LogP contribution >= 0.6 is 11.8 Å². The van der Waals surface area contributed by atoms with Gasteiger partial charge in [0.05, 0.1) is 12.8 Å². The van der Waals surface area contributed by atoms with Gasteiger partial charge in [-0.3, -0.25) is 4.79 Å². The zero-order valence-electron chi connectivity index (χ0n) is 13.5. The lowest BCUT2D eigenvalue weighted by Gasteiger charge is -2.11. The number of amides is 1. The number of halogens is 1. The molecule has 0 aliphatic rings. The molecule has 0 fully saturated rings. The lowest BCUT2D eigenvalue weighted by molar-refractivity contribution is 0.102. The van der Waals surface area contributed by atoms with Gasteiger partial charge >= 0.3 is 0 Å². The van der Waals surface area contributed by atoms with E-state index >= 15 is 0 Å². The van der Waals surface area contributed by atoms with Crippen LogP contribution in [0, 0.1) is 5.82 Å². The molecule has 0 saturated carbocycles. The van der Waals surface area contributed by atoms with Crippen molar-refractivity contribution in [2.24, 2.45) is 0 Å². The highest BCUT2D eigenvalue weighted by atomic mass is 32.2. The Morgan fingerprint density at radius 2 is 1.72 bits per heavy atom. The minimum absolute atomic E-state index is 0.108. The molecule has 0 bridgehead atoms. The van der Waals surface area contributed by atoms with E-state index in [0.717, 1.165) is 9.79 Å². The fourth-order valence-electron chi connectivity index (χ4n) is 2.28. The first-order valence-corrected chi connectivity index (χ1v) is 8.46. The van der Waals surface area contributed by atoms with Gasteiger partial charge in [0.1, 0.15) is 0 Å². The number of hydrogen-bond acceptors (Lipinski definition) is 3. The summed E-state index contributed by atoms with van der Waals surface area (Å²) in [6.07, 6.45) is 0. The normalized spacial score (nSPS) is 10.3.